The van der Waals surface area contributed by atoms with Crippen LogP contribution in [0.25, 0.3) is 0 Å². The lowest BCUT2D eigenvalue weighted by molar-refractivity contribution is -0.384. The van der Waals surface area contributed by atoms with Crippen LogP contribution in [0.15, 0.2) is 54.6 Å². The zero-order chi connectivity index (χ0) is 30.9. The molecule has 3 unspecified atom stereocenters. The SMILES string of the molecule is CCN(C(=O)NCc1ccc([N+](=O)[O-])cc1)C1CCN(CC2CC(N(CC(=O)O)CC(C)C)CC2c2ccccc2)CC1. The second kappa shape index (κ2) is 15.3. The van der Waals surface area contributed by atoms with Gasteiger partial charge in [0.1, 0.15) is 0 Å². The van der Waals surface area contributed by atoms with Crippen molar-refractivity contribution in [3.8, 4) is 0 Å². The van der Waals surface area contributed by atoms with Gasteiger partial charge in [0, 0.05) is 63.5 Å². The van der Waals surface area contributed by atoms with E-state index in [2.05, 4.69) is 53.2 Å². The van der Waals surface area contributed by atoms with E-state index >= 15 is 0 Å². The van der Waals surface area contributed by atoms with Crippen molar-refractivity contribution < 1.29 is 19.6 Å². The van der Waals surface area contributed by atoms with Gasteiger partial charge in [-0.25, -0.2) is 4.79 Å². The maximum absolute atomic E-state index is 13.1. The predicted octanol–water partition coefficient (Wildman–Crippen LogP) is 5.20. The summed E-state index contributed by atoms with van der Waals surface area (Å²) in [4.78, 5) is 41.9. The highest BCUT2D eigenvalue weighted by atomic mass is 16.6. The molecule has 10 nitrogen and oxygen atoms in total. The highest BCUT2D eigenvalue weighted by Gasteiger charge is 2.40. The number of non-ortho nitro benzene ring substituents is 1. The van der Waals surface area contributed by atoms with Crippen molar-refractivity contribution in [2.75, 3.05) is 39.3 Å². The summed E-state index contributed by atoms with van der Waals surface area (Å²) in [7, 11) is 0. The summed E-state index contributed by atoms with van der Waals surface area (Å²) in [5.41, 5.74) is 2.20. The van der Waals surface area contributed by atoms with Crippen molar-refractivity contribution in [2.24, 2.45) is 11.8 Å². The van der Waals surface area contributed by atoms with Gasteiger partial charge in [0.25, 0.3) is 5.69 Å². The van der Waals surface area contributed by atoms with Gasteiger partial charge in [-0.15, -0.1) is 0 Å². The number of nitrogens with zero attached hydrogens (tertiary/aromatic N) is 4. The molecule has 1 heterocycles. The highest BCUT2D eigenvalue weighted by Crippen LogP contribution is 2.42. The first-order chi connectivity index (χ1) is 20.6. The van der Waals surface area contributed by atoms with E-state index in [1.807, 2.05) is 17.9 Å². The van der Waals surface area contributed by atoms with Crippen LogP contribution in [0.1, 0.15) is 63.5 Å². The number of amides is 2. The largest absolute Gasteiger partial charge is 0.480 e. The number of nitro groups is 1. The van der Waals surface area contributed by atoms with Gasteiger partial charge in [-0.1, -0.05) is 56.3 Å². The number of likely N-dealkylation sites (tertiary alicyclic amines) is 1. The van der Waals surface area contributed by atoms with Crippen molar-refractivity contribution in [3.05, 3.63) is 75.8 Å². The topological polar surface area (TPSA) is 119 Å². The number of nitro benzene ring substituents is 1. The number of piperidine rings is 1. The van der Waals surface area contributed by atoms with Crippen LogP contribution in [0.3, 0.4) is 0 Å². The molecule has 2 aliphatic rings. The number of carboxylic acids is 1. The van der Waals surface area contributed by atoms with Crippen molar-refractivity contribution in [3.63, 3.8) is 0 Å². The van der Waals surface area contributed by atoms with Crippen LogP contribution in [0, 0.1) is 22.0 Å². The van der Waals surface area contributed by atoms with Crippen LogP contribution in [-0.4, -0.2) is 88.1 Å². The van der Waals surface area contributed by atoms with Gasteiger partial charge in [0.05, 0.1) is 11.5 Å². The Balaban J connectivity index is 1.34. The number of carboxylic acid groups (broad SMARTS) is 1. The van der Waals surface area contributed by atoms with Gasteiger partial charge in [0.15, 0.2) is 0 Å². The number of hydrogen-bond donors (Lipinski definition) is 2. The molecule has 2 aromatic rings. The molecule has 1 saturated heterocycles. The Hall–Kier alpha value is -3.50. The third-order valence-corrected chi connectivity index (χ3v) is 9.04. The summed E-state index contributed by atoms with van der Waals surface area (Å²) < 4.78 is 0. The first-order valence-corrected chi connectivity index (χ1v) is 15.7. The minimum atomic E-state index is -0.764. The molecular weight excluding hydrogens is 546 g/mol. The summed E-state index contributed by atoms with van der Waals surface area (Å²) in [6, 6.07) is 17.2. The third-order valence-electron chi connectivity index (χ3n) is 9.04. The molecule has 2 aromatic carbocycles. The highest BCUT2D eigenvalue weighted by molar-refractivity contribution is 5.74. The molecule has 1 aliphatic heterocycles. The van der Waals surface area contributed by atoms with Crippen LogP contribution in [0.2, 0.25) is 0 Å². The molecule has 0 aromatic heterocycles. The quantitative estimate of drug-likeness (QED) is 0.242. The Morgan fingerprint density at radius 1 is 1.05 bits per heavy atom. The standard InChI is InChI=1S/C33H47N5O5/c1-4-37(33(41)34-20-25-10-12-29(13-11-25)38(42)43)28-14-16-35(17-15-28)22-27-18-30(36(21-24(2)3)23-32(39)40)19-31(27)26-8-6-5-7-9-26/h5-13,24,27-28,30-31H,4,14-23H2,1-3H3,(H,34,41)(H,39,40). The smallest absolute Gasteiger partial charge is 0.317 e. The Labute approximate surface area is 255 Å². The normalized spacial score (nSPS) is 21.3. The van der Waals surface area contributed by atoms with E-state index in [0.717, 1.165) is 57.4 Å². The van der Waals surface area contributed by atoms with Crippen LogP contribution >= 0.6 is 0 Å². The minimum absolute atomic E-state index is 0.0355. The second-order valence-corrected chi connectivity index (χ2v) is 12.5. The number of aliphatic carboxylic acids is 1. The first-order valence-electron chi connectivity index (χ1n) is 15.7. The Kier molecular flexibility index (Phi) is 11.5. The fourth-order valence-electron chi connectivity index (χ4n) is 7.02. The molecule has 1 aliphatic carbocycles. The zero-order valence-electron chi connectivity index (χ0n) is 25.7. The van der Waals surface area contributed by atoms with E-state index in [4.69, 9.17) is 0 Å². The Morgan fingerprint density at radius 2 is 1.72 bits per heavy atom. The van der Waals surface area contributed by atoms with E-state index in [1.165, 1.54) is 17.7 Å². The number of rotatable bonds is 13. The summed E-state index contributed by atoms with van der Waals surface area (Å²) in [5, 5.41) is 23.5. The van der Waals surface area contributed by atoms with Crippen molar-refractivity contribution in [2.45, 2.75) is 71.0 Å². The number of nitrogens with one attached hydrogen (secondary N) is 1. The van der Waals surface area contributed by atoms with Gasteiger partial charge in [-0.05, 0) is 61.5 Å². The monoisotopic (exact) mass is 593 g/mol. The fraction of sp³-hybridized carbons (Fsp3) is 0.576. The maximum Gasteiger partial charge on any atom is 0.317 e. The molecule has 0 spiro atoms. The van der Waals surface area contributed by atoms with Crippen LogP contribution in [-0.2, 0) is 11.3 Å². The zero-order valence-corrected chi connectivity index (χ0v) is 25.7. The molecule has 2 N–H and O–H groups in total. The van der Waals surface area contributed by atoms with Gasteiger partial charge in [-0.2, -0.15) is 0 Å². The van der Waals surface area contributed by atoms with E-state index in [-0.39, 0.29) is 30.3 Å². The van der Waals surface area contributed by atoms with Crippen LogP contribution in [0.4, 0.5) is 10.5 Å². The minimum Gasteiger partial charge on any atom is -0.480 e. The predicted molar refractivity (Wildman–Crippen MR) is 167 cm³/mol. The molecule has 43 heavy (non-hydrogen) atoms. The first kappa shape index (κ1) is 32.4. The lowest BCUT2D eigenvalue weighted by Crippen LogP contribution is -2.51. The second-order valence-electron chi connectivity index (χ2n) is 12.5. The third kappa shape index (κ3) is 9.00. The lowest BCUT2D eigenvalue weighted by Gasteiger charge is -2.39. The Morgan fingerprint density at radius 3 is 2.30 bits per heavy atom. The Bertz CT molecular complexity index is 1200. The van der Waals surface area contributed by atoms with Gasteiger partial charge < -0.3 is 20.2 Å². The van der Waals surface area contributed by atoms with Crippen molar-refractivity contribution in [1.82, 2.24) is 20.0 Å². The molecule has 10 heteroatoms. The fourth-order valence-corrected chi connectivity index (χ4v) is 7.02. The van der Waals surface area contributed by atoms with Crippen molar-refractivity contribution >= 4 is 17.7 Å². The lowest BCUT2D eigenvalue weighted by atomic mass is 9.88. The summed E-state index contributed by atoms with van der Waals surface area (Å²) in [5.74, 6) is 0.476. The van der Waals surface area contributed by atoms with E-state index in [0.29, 0.717) is 30.8 Å². The van der Waals surface area contributed by atoms with Gasteiger partial charge >= 0.3 is 12.0 Å². The van der Waals surface area contributed by atoms with Gasteiger partial charge in [-0.3, -0.25) is 19.8 Å². The molecular formula is C33H47N5O5. The van der Waals surface area contributed by atoms with Crippen LogP contribution < -0.4 is 5.32 Å². The van der Waals surface area contributed by atoms with E-state index in [9.17, 15) is 24.8 Å². The molecule has 4 rings (SSSR count). The van der Waals surface area contributed by atoms with E-state index in [1.54, 1.807) is 12.1 Å². The summed E-state index contributed by atoms with van der Waals surface area (Å²) in [6.45, 7) is 10.9. The number of carbonyl (C=O) groups excluding carboxylic acids is 1. The molecule has 234 valence electrons. The number of hydrogen-bond acceptors (Lipinski definition) is 6. The maximum atomic E-state index is 13.1. The molecule has 2 amide bonds. The average molecular weight is 594 g/mol. The molecule has 2 fully saturated rings. The number of benzene rings is 2. The molecule has 0 bridgehead atoms. The van der Waals surface area contributed by atoms with Crippen LogP contribution in [0.5, 0.6) is 0 Å². The average Bonchev–Trinajstić information content (AvgIpc) is 3.41. The number of urea groups is 1. The molecule has 1 saturated carbocycles. The van der Waals surface area contributed by atoms with Gasteiger partial charge in [0.2, 0.25) is 0 Å². The summed E-state index contributed by atoms with van der Waals surface area (Å²) in [6.07, 6.45) is 3.78. The number of carbonyl (C=O) groups is 2. The molecule has 3 atom stereocenters. The molecule has 0 radical (unpaired) electrons. The van der Waals surface area contributed by atoms with E-state index < -0.39 is 10.9 Å². The summed E-state index contributed by atoms with van der Waals surface area (Å²) >= 11 is 0. The van der Waals surface area contributed by atoms with Crippen molar-refractivity contribution in [1.29, 1.82) is 0 Å².